The van der Waals surface area contributed by atoms with Crippen LogP contribution in [0.3, 0.4) is 0 Å². The molecule has 64 valence electrons. The molecule has 0 saturated carbocycles. The van der Waals surface area contributed by atoms with Gasteiger partial charge in [-0.25, -0.2) is 14.2 Å². The molecule has 1 rings (SSSR count). The highest BCUT2D eigenvalue weighted by atomic mass is 19.1. The van der Waals surface area contributed by atoms with Crippen LogP contribution in [0.25, 0.3) is 0 Å². The van der Waals surface area contributed by atoms with E-state index in [0.29, 0.717) is 0 Å². The quantitative estimate of drug-likeness (QED) is 0.599. The first-order valence-corrected chi connectivity index (χ1v) is 3.11. The molecule has 0 amide bonds. The van der Waals surface area contributed by atoms with Crippen LogP contribution in [-0.2, 0) is 4.74 Å². The van der Waals surface area contributed by atoms with Gasteiger partial charge in [0.1, 0.15) is 11.5 Å². The molecular formula is C8H8FNO2. The average molecular weight is 172 g/mol. The van der Waals surface area contributed by atoms with Gasteiger partial charge in [0.2, 0.25) is 0 Å². The molecule has 0 bridgehead atoms. The Morgan fingerprint density at radius 2 is 2.50 bits per heavy atom. The average Bonchev–Trinajstić information content (AvgIpc) is 2.15. The van der Waals surface area contributed by atoms with Gasteiger partial charge in [-0.05, 0) is 19.0 Å². The molecule has 0 aliphatic carbocycles. The minimum atomic E-state index is -2.69. The summed E-state index contributed by atoms with van der Waals surface area (Å²) in [4.78, 5) is 14.4. The second-order valence-corrected chi connectivity index (χ2v) is 2.02. The molecule has 0 N–H and O–H groups in total. The van der Waals surface area contributed by atoms with Crippen molar-refractivity contribution in [3.63, 3.8) is 0 Å². The number of hydrogen-bond acceptors (Lipinski definition) is 3. The zero-order valence-electron chi connectivity index (χ0n) is 9.30. The maximum absolute atomic E-state index is 13.1. The van der Waals surface area contributed by atoms with E-state index in [9.17, 15) is 9.18 Å². The van der Waals surface area contributed by atoms with Gasteiger partial charge in [0.15, 0.2) is 0 Å². The lowest BCUT2D eigenvalue weighted by Crippen LogP contribution is -2.05. The molecule has 0 spiro atoms. The maximum atomic E-state index is 13.1. The Kier molecular flexibility index (Phi) is 1.44. The molecule has 1 aromatic rings. The van der Waals surface area contributed by atoms with Gasteiger partial charge in [0, 0.05) is 4.11 Å². The lowest BCUT2D eigenvalue weighted by atomic mass is 10.3. The van der Waals surface area contributed by atoms with Crippen molar-refractivity contribution in [3.05, 3.63) is 29.3 Å². The molecule has 0 aliphatic rings. The van der Waals surface area contributed by atoms with Gasteiger partial charge in [-0.1, -0.05) is 0 Å². The number of carbonyl (C=O) groups is 1. The smallest absolute Gasteiger partial charge is 0.356 e. The van der Waals surface area contributed by atoms with E-state index < -0.39 is 24.3 Å². The topological polar surface area (TPSA) is 39.2 Å². The van der Waals surface area contributed by atoms with Crippen LogP contribution in [0.15, 0.2) is 12.1 Å². The van der Waals surface area contributed by atoms with Gasteiger partial charge in [0.05, 0.1) is 12.8 Å². The summed E-state index contributed by atoms with van der Waals surface area (Å²) in [5.41, 5.74) is -0.963. The Balaban J connectivity index is 3.23. The van der Waals surface area contributed by atoms with Gasteiger partial charge in [-0.15, -0.1) is 0 Å². The van der Waals surface area contributed by atoms with Crippen LogP contribution in [0.1, 0.15) is 20.3 Å². The molecule has 1 heterocycles. The molecule has 0 fully saturated rings. The van der Waals surface area contributed by atoms with Gasteiger partial charge in [-0.3, -0.25) is 0 Å². The van der Waals surface area contributed by atoms with Gasteiger partial charge >= 0.3 is 5.97 Å². The fourth-order valence-corrected chi connectivity index (χ4v) is 0.660. The molecule has 0 radical (unpaired) electrons. The van der Waals surface area contributed by atoms with Gasteiger partial charge in [0.25, 0.3) is 0 Å². The van der Waals surface area contributed by atoms with Crippen molar-refractivity contribution in [1.82, 2.24) is 4.98 Å². The van der Waals surface area contributed by atoms with Crippen LogP contribution >= 0.6 is 0 Å². The highest BCUT2D eigenvalue weighted by Gasteiger charge is 2.08. The molecule has 4 heteroatoms. The number of methoxy groups -OCH3 is 1. The van der Waals surface area contributed by atoms with Crippen molar-refractivity contribution in [1.29, 1.82) is 0 Å². The number of rotatable bonds is 1. The standard InChI is InChI=1S/C8H8FNO2/c1-5-6(9)3-4-7(10-5)8(11)12-2/h3-4H,1-2H3/i1D3. The number of hydrogen-bond donors (Lipinski definition) is 0. The maximum Gasteiger partial charge on any atom is 0.356 e. The third-order valence-corrected chi connectivity index (χ3v) is 1.24. The molecule has 3 nitrogen and oxygen atoms in total. The zero-order valence-corrected chi connectivity index (χ0v) is 6.30. The van der Waals surface area contributed by atoms with Crippen LogP contribution in [-0.4, -0.2) is 18.1 Å². The van der Waals surface area contributed by atoms with E-state index in [1.165, 1.54) is 0 Å². The summed E-state index contributed by atoms with van der Waals surface area (Å²) >= 11 is 0. The first-order valence-electron chi connectivity index (χ1n) is 4.61. The fraction of sp³-hybridized carbons (Fsp3) is 0.250. The van der Waals surface area contributed by atoms with E-state index in [4.69, 9.17) is 4.11 Å². The fourth-order valence-electron chi connectivity index (χ4n) is 0.660. The largest absolute Gasteiger partial charge is 0.464 e. The third-order valence-electron chi connectivity index (χ3n) is 1.24. The van der Waals surface area contributed by atoms with E-state index >= 15 is 0 Å². The Bertz CT molecular complexity index is 392. The van der Waals surface area contributed by atoms with Crippen LogP contribution < -0.4 is 0 Å². The molecule has 0 aromatic carbocycles. The van der Waals surface area contributed by atoms with Crippen molar-refractivity contribution in [2.24, 2.45) is 0 Å². The summed E-state index contributed by atoms with van der Waals surface area (Å²) in [7, 11) is 1.13. The predicted octanol–water partition coefficient (Wildman–Crippen LogP) is 1.32. The SMILES string of the molecule is [2H]C([2H])([2H])c1nc(C(=O)OC)ccc1F. The molecule has 0 unspecified atom stereocenters. The van der Waals surface area contributed by atoms with E-state index in [1.807, 2.05) is 0 Å². The first-order chi connectivity index (χ1) is 6.86. The van der Waals surface area contributed by atoms with Crippen molar-refractivity contribution >= 4 is 5.97 Å². The lowest BCUT2D eigenvalue weighted by Gasteiger charge is -1.99. The number of nitrogens with zero attached hydrogens (tertiary/aromatic N) is 1. The Morgan fingerprint density at radius 1 is 1.75 bits per heavy atom. The number of pyridine rings is 1. The first kappa shape index (κ1) is 5.24. The van der Waals surface area contributed by atoms with E-state index in [-0.39, 0.29) is 5.69 Å². The third kappa shape index (κ3) is 1.58. The Morgan fingerprint density at radius 3 is 3.08 bits per heavy atom. The predicted molar refractivity (Wildman–Crippen MR) is 40.3 cm³/mol. The molecule has 1 aromatic heterocycles. The summed E-state index contributed by atoms with van der Waals surface area (Å²) in [6, 6.07) is 1.94. The highest BCUT2D eigenvalue weighted by Crippen LogP contribution is 2.04. The minimum Gasteiger partial charge on any atom is -0.464 e. The van der Waals surface area contributed by atoms with Crippen molar-refractivity contribution in [2.75, 3.05) is 7.11 Å². The molecule has 0 atom stereocenters. The second kappa shape index (κ2) is 3.30. The van der Waals surface area contributed by atoms with E-state index in [0.717, 1.165) is 19.2 Å². The number of carbonyl (C=O) groups excluding carboxylic acids is 1. The van der Waals surface area contributed by atoms with Crippen molar-refractivity contribution in [3.8, 4) is 0 Å². The lowest BCUT2D eigenvalue weighted by molar-refractivity contribution is 0.0593. The van der Waals surface area contributed by atoms with Crippen LogP contribution in [0.4, 0.5) is 4.39 Å². The normalized spacial score (nSPS) is 14.3. The number of ether oxygens (including phenoxy) is 1. The molecule has 12 heavy (non-hydrogen) atoms. The number of halogens is 1. The number of esters is 1. The minimum absolute atomic E-state index is 0.231. The Hall–Kier alpha value is -1.45. The second-order valence-electron chi connectivity index (χ2n) is 2.02. The summed E-state index contributed by atoms with van der Waals surface area (Å²) in [5.74, 6) is -1.77. The molecular weight excluding hydrogens is 161 g/mol. The monoisotopic (exact) mass is 172 g/mol. The summed E-state index contributed by atoms with van der Waals surface area (Å²) in [6.07, 6.45) is 0. The zero-order chi connectivity index (χ0) is 11.6. The summed E-state index contributed by atoms with van der Waals surface area (Å²) < 4.78 is 38.4. The van der Waals surface area contributed by atoms with Crippen LogP contribution in [0.2, 0.25) is 0 Å². The summed E-state index contributed by atoms with van der Waals surface area (Å²) in [6.45, 7) is -2.69. The van der Waals surface area contributed by atoms with Crippen LogP contribution in [0.5, 0.6) is 0 Å². The highest BCUT2D eigenvalue weighted by molar-refractivity contribution is 5.87. The van der Waals surface area contributed by atoms with Crippen molar-refractivity contribution in [2.45, 2.75) is 6.85 Å². The Labute approximate surface area is 73.4 Å². The number of aryl methyl sites for hydroxylation is 1. The van der Waals surface area contributed by atoms with Crippen molar-refractivity contribution < 1.29 is 18.0 Å². The molecule has 0 saturated heterocycles. The van der Waals surface area contributed by atoms with E-state index in [1.54, 1.807) is 0 Å². The van der Waals surface area contributed by atoms with Gasteiger partial charge < -0.3 is 4.74 Å². The van der Waals surface area contributed by atoms with E-state index in [2.05, 4.69) is 9.72 Å². The van der Waals surface area contributed by atoms with Gasteiger partial charge in [-0.2, -0.15) is 0 Å². The van der Waals surface area contributed by atoms with Crippen LogP contribution in [0, 0.1) is 12.7 Å². The molecule has 0 aliphatic heterocycles. The number of aromatic nitrogens is 1. The summed E-state index contributed by atoms with van der Waals surface area (Å²) in [5, 5.41) is 0.